The average Bonchev–Trinajstić information content (AvgIpc) is 3.17. The fraction of sp³-hybridized carbons (Fsp3) is 0.240. The fourth-order valence-electron chi connectivity index (χ4n) is 4.18. The Bertz CT molecular complexity index is 1010. The Labute approximate surface area is 173 Å². The predicted octanol–water partition coefficient (Wildman–Crippen LogP) is 5.20. The van der Waals surface area contributed by atoms with Crippen molar-refractivity contribution < 1.29 is 4.43 Å². The molecule has 0 bridgehead atoms. The number of hydrogen-bond donors (Lipinski definition) is 1. The number of rotatable bonds is 5. The minimum atomic E-state index is -2.60. The highest BCUT2D eigenvalue weighted by atomic mass is 28.4. The summed E-state index contributed by atoms with van der Waals surface area (Å²) < 4.78 is 7.14. The molecule has 0 amide bonds. The molecule has 4 aromatic rings. The number of fused-ring (bicyclic) bond motifs is 1. The molecule has 29 heavy (non-hydrogen) atoms. The molecular formula is C25H28N2OSi. The molecule has 0 aliphatic rings. The van der Waals surface area contributed by atoms with E-state index in [1.807, 2.05) is 18.2 Å². The summed E-state index contributed by atoms with van der Waals surface area (Å²) in [5.41, 5.74) is 2.01. The topological polar surface area (TPSA) is 37.9 Å². The quantitative estimate of drug-likeness (QED) is 0.468. The van der Waals surface area contributed by atoms with Gasteiger partial charge >= 0.3 is 0 Å². The molecule has 0 saturated carbocycles. The van der Waals surface area contributed by atoms with E-state index in [0.717, 1.165) is 16.9 Å². The van der Waals surface area contributed by atoms with Gasteiger partial charge in [0.15, 0.2) is 0 Å². The Morgan fingerprint density at radius 1 is 0.793 bits per heavy atom. The van der Waals surface area contributed by atoms with Gasteiger partial charge in [0.05, 0.1) is 11.0 Å². The first-order valence-electron chi connectivity index (χ1n) is 10.2. The largest absolute Gasteiger partial charge is 0.398 e. The Morgan fingerprint density at radius 3 is 1.83 bits per heavy atom. The van der Waals surface area contributed by atoms with Gasteiger partial charge in [-0.15, -0.1) is 0 Å². The smallest absolute Gasteiger partial charge is 0.262 e. The average molecular weight is 401 g/mol. The number of aromatic nitrogens is 2. The molecule has 1 atom stereocenters. The van der Waals surface area contributed by atoms with Crippen LogP contribution in [0.15, 0.2) is 84.9 Å². The van der Waals surface area contributed by atoms with Gasteiger partial charge in [0, 0.05) is 0 Å². The van der Waals surface area contributed by atoms with Crippen LogP contribution in [0.4, 0.5) is 0 Å². The van der Waals surface area contributed by atoms with Crippen molar-refractivity contribution >= 4 is 29.7 Å². The number of H-pyrrole nitrogens is 1. The summed E-state index contributed by atoms with van der Waals surface area (Å²) in [7, 11) is -2.60. The molecule has 0 spiro atoms. The van der Waals surface area contributed by atoms with E-state index in [1.54, 1.807) is 0 Å². The minimum Gasteiger partial charge on any atom is -0.398 e. The van der Waals surface area contributed by atoms with Crippen LogP contribution in [0, 0.1) is 0 Å². The van der Waals surface area contributed by atoms with Crippen LogP contribution in [0.25, 0.3) is 11.0 Å². The summed E-state index contributed by atoms with van der Waals surface area (Å²) in [6.45, 7) is 9.00. The molecule has 1 N–H and O–H groups in total. The van der Waals surface area contributed by atoms with Crippen LogP contribution in [0.1, 0.15) is 39.6 Å². The maximum absolute atomic E-state index is 7.14. The lowest BCUT2D eigenvalue weighted by Crippen LogP contribution is -2.66. The van der Waals surface area contributed by atoms with E-state index < -0.39 is 8.32 Å². The number of nitrogens with one attached hydrogen (secondary N) is 1. The first-order chi connectivity index (χ1) is 13.9. The molecule has 0 fully saturated rings. The molecule has 1 aromatic heterocycles. The molecule has 4 heteroatoms. The molecule has 3 nitrogen and oxygen atoms in total. The summed E-state index contributed by atoms with van der Waals surface area (Å²) in [5.74, 6) is 0.874. The van der Waals surface area contributed by atoms with E-state index in [0.29, 0.717) is 0 Å². The third-order valence-corrected chi connectivity index (χ3v) is 10.7. The Morgan fingerprint density at radius 2 is 1.31 bits per heavy atom. The zero-order valence-electron chi connectivity index (χ0n) is 17.5. The molecule has 3 aromatic carbocycles. The molecule has 0 aliphatic heterocycles. The van der Waals surface area contributed by atoms with Crippen LogP contribution in [-0.4, -0.2) is 18.3 Å². The Hall–Kier alpha value is -2.69. The highest BCUT2D eigenvalue weighted by molar-refractivity contribution is 6.99. The molecule has 0 unspecified atom stereocenters. The van der Waals surface area contributed by atoms with Crippen LogP contribution in [0.5, 0.6) is 0 Å². The minimum absolute atomic E-state index is 0.0595. The molecule has 4 rings (SSSR count). The van der Waals surface area contributed by atoms with Gasteiger partial charge in [-0.05, 0) is 34.5 Å². The van der Waals surface area contributed by atoms with E-state index in [2.05, 4.69) is 99.4 Å². The lowest BCUT2D eigenvalue weighted by atomic mass is 10.2. The van der Waals surface area contributed by atoms with E-state index in [1.165, 1.54) is 10.4 Å². The van der Waals surface area contributed by atoms with Crippen molar-refractivity contribution in [2.75, 3.05) is 0 Å². The fourth-order valence-corrected chi connectivity index (χ4v) is 8.83. The van der Waals surface area contributed by atoms with Gasteiger partial charge in [-0.25, -0.2) is 4.98 Å². The predicted molar refractivity (Wildman–Crippen MR) is 123 cm³/mol. The number of para-hydroxylation sites is 2. The lowest BCUT2D eigenvalue weighted by Gasteiger charge is -2.44. The highest BCUT2D eigenvalue weighted by Crippen LogP contribution is 2.39. The monoisotopic (exact) mass is 400 g/mol. The van der Waals surface area contributed by atoms with Crippen LogP contribution < -0.4 is 10.4 Å². The van der Waals surface area contributed by atoms with Gasteiger partial charge in [0.25, 0.3) is 8.32 Å². The molecule has 0 radical (unpaired) electrons. The zero-order valence-corrected chi connectivity index (χ0v) is 18.5. The summed E-state index contributed by atoms with van der Waals surface area (Å²) in [6, 6.07) is 29.6. The number of aromatic amines is 1. The molecule has 1 heterocycles. The number of nitrogens with zero attached hydrogens (tertiary/aromatic N) is 1. The van der Waals surface area contributed by atoms with Gasteiger partial charge in [-0.3, -0.25) is 0 Å². The van der Waals surface area contributed by atoms with Crippen LogP contribution in [-0.2, 0) is 4.43 Å². The Balaban J connectivity index is 1.85. The summed E-state index contributed by atoms with van der Waals surface area (Å²) in [6.07, 6.45) is -0.159. The maximum Gasteiger partial charge on any atom is 0.262 e. The van der Waals surface area contributed by atoms with Crippen molar-refractivity contribution in [1.82, 2.24) is 9.97 Å². The molecular weight excluding hydrogens is 372 g/mol. The van der Waals surface area contributed by atoms with Crippen molar-refractivity contribution in [3.05, 3.63) is 90.8 Å². The van der Waals surface area contributed by atoms with E-state index in [4.69, 9.17) is 9.41 Å². The van der Waals surface area contributed by atoms with Gasteiger partial charge < -0.3 is 9.41 Å². The third kappa shape index (κ3) is 3.54. The van der Waals surface area contributed by atoms with E-state index in [9.17, 15) is 0 Å². The van der Waals surface area contributed by atoms with Crippen LogP contribution in [0.3, 0.4) is 0 Å². The molecule has 0 aliphatic carbocycles. The second kappa shape index (κ2) is 7.62. The Kier molecular flexibility index (Phi) is 5.15. The standard InChI is InChI=1S/C25H28N2OSi/c1-19(24-26-22-17-11-12-18-23(22)27-24)28-29(25(2,3)4,20-13-7-5-8-14-20)21-15-9-6-10-16-21/h5-19H,1-4H3,(H,26,27)/t19-/m1/s1. The lowest BCUT2D eigenvalue weighted by molar-refractivity contribution is 0.202. The summed E-state index contributed by atoms with van der Waals surface area (Å²) in [5, 5.41) is 2.50. The van der Waals surface area contributed by atoms with Crippen LogP contribution >= 0.6 is 0 Å². The number of benzene rings is 3. The zero-order chi connectivity index (χ0) is 20.5. The van der Waals surface area contributed by atoms with Gasteiger partial charge in [-0.1, -0.05) is 93.6 Å². The van der Waals surface area contributed by atoms with Crippen molar-refractivity contribution in [3.8, 4) is 0 Å². The van der Waals surface area contributed by atoms with Gasteiger partial charge in [0.2, 0.25) is 0 Å². The molecule has 148 valence electrons. The number of imidazole rings is 1. The maximum atomic E-state index is 7.14. The van der Waals surface area contributed by atoms with E-state index in [-0.39, 0.29) is 11.1 Å². The SMILES string of the molecule is C[C@@H](O[Si](c1ccccc1)(c1ccccc1)C(C)(C)C)c1nc2ccccc2[nH]1. The second-order valence-corrected chi connectivity index (χ2v) is 12.8. The normalized spacial score (nSPS) is 13.5. The molecule has 0 saturated heterocycles. The van der Waals surface area contributed by atoms with Crippen molar-refractivity contribution in [3.63, 3.8) is 0 Å². The first kappa shape index (κ1) is 19.6. The van der Waals surface area contributed by atoms with E-state index >= 15 is 0 Å². The second-order valence-electron chi connectivity index (χ2n) is 8.56. The first-order valence-corrected chi connectivity index (χ1v) is 12.1. The van der Waals surface area contributed by atoms with Crippen molar-refractivity contribution in [2.45, 2.75) is 38.8 Å². The van der Waals surface area contributed by atoms with Crippen LogP contribution in [0.2, 0.25) is 5.04 Å². The third-order valence-electron chi connectivity index (χ3n) is 5.56. The van der Waals surface area contributed by atoms with Gasteiger partial charge in [-0.2, -0.15) is 0 Å². The summed E-state index contributed by atoms with van der Waals surface area (Å²) >= 11 is 0. The van der Waals surface area contributed by atoms with Gasteiger partial charge in [0.1, 0.15) is 11.9 Å². The van der Waals surface area contributed by atoms with Crippen molar-refractivity contribution in [2.24, 2.45) is 0 Å². The number of hydrogen-bond acceptors (Lipinski definition) is 2. The highest BCUT2D eigenvalue weighted by Gasteiger charge is 2.51. The summed E-state index contributed by atoms with van der Waals surface area (Å²) in [4.78, 5) is 8.27. The van der Waals surface area contributed by atoms with Crippen molar-refractivity contribution in [1.29, 1.82) is 0 Å².